The third-order valence-electron chi connectivity index (χ3n) is 3.22. The maximum Gasteiger partial charge on any atom is 0.310 e. The molecule has 0 aliphatic carbocycles. The van der Waals surface area contributed by atoms with Crippen molar-refractivity contribution >= 4 is 48.4 Å². The fourth-order valence-electron chi connectivity index (χ4n) is 2.45. The minimum atomic E-state index is -2.92. The van der Waals surface area contributed by atoms with E-state index >= 15 is 0 Å². The Morgan fingerprint density at radius 2 is 1.94 bits per heavy atom. The number of hydrogen-bond donors (Lipinski definition) is 1. The molecule has 1 saturated heterocycles. The molecule has 0 amide bonds. The Balaban J connectivity index is 2.01. The molecule has 2 atom stereocenters. The summed E-state index contributed by atoms with van der Waals surface area (Å²) < 4.78 is 26.3. The van der Waals surface area contributed by atoms with Crippen molar-refractivity contribution in [3.05, 3.63) is 28.7 Å². The summed E-state index contributed by atoms with van der Waals surface area (Å²) in [7, 11) is -2.92. The van der Waals surface area contributed by atoms with E-state index in [1.807, 2.05) is 28.8 Å². The average molecular weight is 348 g/mol. The second-order valence-corrected chi connectivity index (χ2v) is 8.81. The van der Waals surface area contributed by atoms with E-state index in [2.05, 4.69) is 15.9 Å². The fourth-order valence-corrected chi connectivity index (χ4v) is 6.53. The van der Waals surface area contributed by atoms with E-state index in [4.69, 9.17) is 5.73 Å². The third kappa shape index (κ3) is 2.08. The number of hydrogen-bond acceptors (Lipinski definition) is 4. The van der Waals surface area contributed by atoms with Gasteiger partial charge < -0.3 is 0 Å². The smallest absolute Gasteiger partial charge is 0.281 e. The summed E-state index contributed by atoms with van der Waals surface area (Å²) in [5.74, 6) is 0.428. The number of sulfone groups is 1. The Kier molecular flexibility index (Phi) is 2.95. The standard InChI is InChI=1S/C11H11BrN2O2S2/c12-7-1-3-8(4-2-7)14-9-5-18(15,16)6-10(9)17-11(14)13/h1-4,9-10,13H,5-6H2/p+1. The van der Waals surface area contributed by atoms with Crippen molar-refractivity contribution in [2.24, 2.45) is 5.73 Å². The van der Waals surface area contributed by atoms with Gasteiger partial charge in [0.1, 0.15) is 11.7 Å². The first-order valence-electron chi connectivity index (χ1n) is 5.50. The summed E-state index contributed by atoms with van der Waals surface area (Å²) in [5, 5.41) is 0.765. The van der Waals surface area contributed by atoms with Gasteiger partial charge in [0.05, 0.1) is 16.8 Å². The fraction of sp³-hybridized carbons (Fsp3) is 0.364. The van der Waals surface area contributed by atoms with Crippen LogP contribution < -0.4 is 5.73 Å². The Morgan fingerprint density at radius 3 is 2.61 bits per heavy atom. The molecule has 3 rings (SSSR count). The molecule has 0 saturated carbocycles. The lowest BCUT2D eigenvalue weighted by atomic mass is 10.2. The second-order valence-electron chi connectivity index (χ2n) is 4.49. The van der Waals surface area contributed by atoms with Gasteiger partial charge in [0.25, 0.3) is 0 Å². The van der Waals surface area contributed by atoms with Gasteiger partial charge in [-0.3, -0.25) is 5.73 Å². The molecule has 2 unspecified atom stereocenters. The van der Waals surface area contributed by atoms with Gasteiger partial charge in [-0.1, -0.05) is 15.9 Å². The minimum Gasteiger partial charge on any atom is -0.281 e. The lowest BCUT2D eigenvalue weighted by Crippen LogP contribution is -2.29. The zero-order valence-electron chi connectivity index (χ0n) is 9.41. The molecule has 2 heterocycles. The molecule has 18 heavy (non-hydrogen) atoms. The number of halogens is 1. The van der Waals surface area contributed by atoms with Crippen LogP contribution in [-0.4, -0.2) is 41.0 Å². The van der Waals surface area contributed by atoms with Gasteiger partial charge in [-0.15, -0.1) is 0 Å². The number of rotatable bonds is 1. The van der Waals surface area contributed by atoms with E-state index in [0.717, 1.165) is 10.2 Å². The van der Waals surface area contributed by atoms with Crippen molar-refractivity contribution in [3.8, 4) is 0 Å². The predicted octanol–water partition coefficient (Wildman–Crippen LogP) is 1.32. The Bertz CT molecular complexity index is 625. The van der Waals surface area contributed by atoms with Gasteiger partial charge in [0, 0.05) is 4.47 Å². The molecule has 2 aliphatic heterocycles. The van der Waals surface area contributed by atoms with Crippen LogP contribution in [0.5, 0.6) is 0 Å². The molecule has 0 bridgehead atoms. The van der Waals surface area contributed by atoms with Crippen molar-refractivity contribution in [2.75, 3.05) is 11.5 Å². The summed E-state index contributed by atoms with van der Waals surface area (Å²) in [4.78, 5) is 0. The van der Waals surface area contributed by atoms with E-state index in [1.165, 1.54) is 11.8 Å². The van der Waals surface area contributed by atoms with Gasteiger partial charge in [-0.2, -0.15) is 0 Å². The van der Waals surface area contributed by atoms with Crippen molar-refractivity contribution in [1.82, 2.24) is 0 Å². The number of nitrogens with two attached hydrogens (primary N) is 1. The zero-order chi connectivity index (χ0) is 12.9. The van der Waals surface area contributed by atoms with E-state index in [9.17, 15) is 8.42 Å². The SMILES string of the molecule is NC1=[N+](c2ccc(Br)cc2)C2CS(=O)(=O)CC2S1. The van der Waals surface area contributed by atoms with Crippen molar-refractivity contribution in [3.63, 3.8) is 0 Å². The molecule has 4 nitrogen and oxygen atoms in total. The van der Waals surface area contributed by atoms with Crippen LogP contribution in [0.4, 0.5) is 5.69 Å². The van der Waals surface area contributed by atoms with Crippen LogP contribution in [0, 0.1) is 0 Å². The zero-order valence-corrected chi connectivity index (χ0v) is 12.6. The molecule has 2 aliphatic rings. The Labute approximate surface area is 118 Å². The normalized spacial score (nSPS) is 29.6. The highest BCUT2D eigenvalue weighted by Gasteiger charge is 2.49. The summed E-state index contributed by atoms with van der Waals surface area (Å²) in [6.07, 6.45) is 0. The lowest BCUT2D eigenvalue weighted by molar-refractivity contribution is -0.470. The van der Waals surface area contributed by atoms with Crippen molar-refractivity contribution < 1.29 is 13.0 Å². The van der Waals surface area contributed by atoms with Crippen molar-refractivity contribution in [1.29, 1.82) is 0 Å². The maximum atomic E-state index is 11.7. The molecular formula is C11H12BrN2O2S2+. The Hall–Kier alpha value is -0.530. The first kappa shape index (κ1) is 12.5. The van der Waals surface area contributed by atoms with Crippen LogP contribution in [0.1, 0.15) is 0 Å². The van der Waals surface area contributed by atoms with Crippen LogP contribution >= 0.6 is 27.7 Å². The third-order valence-corrected chi connectivity index (χ3v) is 6.90. The van der Waals surface area contributed by atoms with Gasteiger partial charge in [-0.25, -0.2) is 13.0 Å². The summed E-state index contributed by atoms with van der Waals surface area (Å²) in [5.41, 5.74) is 6.98. The Morgan fingerprint density at radius 1 is 1.28 bits per heavy atom. The quantitative estimate of drug-likeness (QED) is 0.778. The largest absolute Gasteiger partial charge is 0.310 e. The van der Waals surface area contributed by atoms with Gasteiger partial charge in [0.15, 0.2) is 9.84 Å². The molecule has 0 aromatic heterocycles. The van der Waals surface area contributed by atoms with E-state index < -0.39 is 9.84 Å². The number of amidine groups is 1. The van der Waals surface area contributed by atoms with Gasteiger partial charge in [0.2, 0.25) is 0 Å². The monoisotopic (exact) mass is 347 g/mol. The van der Waals surface area contributed by atoms with Crippen LogP contribution in [0.3, 0.4) is 0 Å². The second kappa shape index (κ2) is 4.25. The predicted molar refractivity (Wildman–Crippen MR) is 77.1 cm³/mol. The summed E-state index contributed by atoms with van der Waals surface area (Å²) in [6, 6.07) is 7.74. The molecule has 0 spiro atoms. The molecule has 7 heteroatoms. The van der Waals surface area contributed by atoms with Crippen LogP contribution in [0.25, 0.3) is 0 Å². The number of thioether (sulfide) groups is 1. The molecule has 1 fully saturated rings. The number of fused-ring (bicyclic) bond motifs is 1. The van der Waals surface area contributed by atoms with Crippen molar-refractivity contribution in [2.45, 2.75) is 11.3 Å². The molecule has 2 N–H and O–H groups in total. The van der Waals surface area contributed by atoms with Crippen LogP contribution in [0.15, 0.2) is 28.7 Å². The topological polar surface area (TPSA) is 63.2 Å². The lowest BCUT2D eigenvalue weighted by Gasteiger charge is -2.10. The molecule has 1 aromatic rings. The van der Waals surface area contributed by atoms with Crippen LogP contribution in [-0.2, 0) is 9.84 Å². The van der Waals surface area contributed by atoms with Gasteiger partial charge in [-0.05, 0) is 36.0 Å². The minimum absolute atomic E-state index is 0.0267. The van der Waals surface area contributed by atoms with E-state index in [0.29, 0.717) is 5.17 Å². The van der Waals surface area contributed by atoms with E-state index in [-0.39, 0.29) is 22.8 Å². The number of benzene rings is 1. The highest BCUT2D eigenvalue weighted by Crippen LogP contribution is 2.36. The maximum absolute atomic E-state index is 11.7. The van der Waals surface area contributed by atoms with E-state index in [1.54, 1.807) is 0 Å². The first-order chi connectivity index (χ1) is 8.46. The van der Waals surface area contributed by atoms with Gasteiger partial charge >= 0.3 is 5.17 Å². The average Bonchev–Trinajstić information content (AvgIpc) is 2.70. The summed E-state index contributed by atoms with van der Waals surface area (Å²) >= 11 is 4.86. The highest BCUT2D eigenvalue weighted by molar-refractivity contribution is 9.10. The number of nitrogens with zero attached hydrogens (tertiary/aromatic N) is 1. The highest BCUT2D eigenvalue weighted by atomic mass is 79.9. The molecule has 0 radical (unpaired) electrons. The molecule has 96 valence electrons. The molecule has 1 aromatic carbocycles. The first-order valence-corrected chi connectivity index (χ1v) is 9.00. The van der Waals surface area contributed by atoms with Crippen LogP contribution in [0.2, 0.25) is 0 Å². The summed E-state index contributed by atoms with van der Waals surface area (Å²) in [6.45, 7) is 0. The molecular weight excluding hydrogens is 336 g/mol.